The number of aliphatic imine (C=N–C) groups is 1. The zero-order valence-electron chi connectivity index (χ0n) is 19.6. The number of fused-ring (bicyclic) bond motifs is 1. The highest BCUT2D eigenvalue weighted by atomic mass is 32.2. The first kappa shape index (κ1) is 23.8. The molecule has 2 heterocycles. The molecule has 0 aromatic heterocycles. The molecular formula is C26H28N4O3S. The summed E-state index contributed by atoms with van der Waals surface area (Å²) in [6.07, 6.45) is 3.59. The van der Waals surface area contributed by atoms with Crippen molar-refractivity contribution >= 4 is 39.8 Å². The Kier molecular flexibility index (Phi) is 7.47. The Balaban J connectivity index is 1.37. The van der Waals surface area contributed by atoms with Gasteiger partial charge in [-0.25, -0.2) is 0 Å². The zero-order valence-corrected chi connectivity index (χ0v) is 20.4. The molecule has 8 heteroatoms. The largest absolute Gasteiger partial charge is 0.490 e. The lowest BCUT2D eigenvalue weighted by molar-refractivity contribution is -0.114. The van der Waals surface area contributed by atoms with E-state index in [1.54, 1.807) is 6.08 Å². The Hall–Kier alpha value is -3.39. The van der Waals surface area contributed by atoms with Gasteiger partial charge in [0.05, 0.1) is 5.57 Å². The average Bonchev–Trinajstić information content (AvgIpc) is 3.26. The van der Waals surface area contributed by atoms with Crippen LogP contribution in [0, 0.1) is 18.3 Å². The van der Waals surface area contributed by atoms with Crippen LogP contribution in [0.4, 0.5) is 0 Å². The summed E-state index contributed by atoms with van der Waals surface area (Å²) in [6.45, 7) is 7.12. The molecular weight excluding hydrogens is 448 g/mol. The number of nitrogens with one attached hydrogen (secondary N) is 1. The van der Waals surface area contributed by atoms with Crippen molar-refractivity contribution < 1.29 is 14.3 Å². The third kappa shape index (κ3) is 5.39. The van der Waals surface area contributed by atoms with Gasteiger partial charge in [0.1, 0.15) is 29.8 Å². The van der Waals surface area contributed by atoms with Gasteiger partial charge in [-0.2, -0.15) is 15.1 Å². The fourth-order valence-electron chi connectivity index (χ4n) is 3.59. The minimum absolute atomic E-state index is 0.0528. The second kappa shape index (κ2) is 10.7. The summed E-state index contributed by atoms with van der Waals surface area (Å²) in [5.41, 5.74) is 2.19. The maximum atomic E-state index is 12.6. The van der Waals surface area contributed by atoms with Crippen LogP contribution in [0.5, 0.6) is 11.5 Å². The molecule has 34 heavy (non-hydrogen) atoms. The van der Waals surface area contributed by atoms with E-state index in [1.165, 1.54) is 22.3 Å². The molecule has 2 aromatic rings. The molecule has 0 aliphatic carbocycles. The highest BCUT2D eigenvalue weighted by Gasteiger charge is 2.37. The van der Waals surface area contributed by atoms with Gasteiger partial charge in [-0.15, -0.1) is 0 Å². The SMILES string of the molecule is CCC(CC)C1=NN2C(=N)/C(=C/c3ccc(OCCOc4ccc(C)cc4)cc3)C(=O)N=C2S1. The molecule has 2 aliphatic rings. The standard InChI is InChI=1S/C26H28N4O3S/c1-4-19(5-2)25-29-30-23(27)22(24(31)28-26(30)34-25)16-18-8-12-21(13-9-18)33-15-14-32-20-10-6-17(3)7-11-20/h6-13,16,19,27H,4-5,14-15H2,1-3H3/b22-16-,27-23?. The van der Waals surface area contributed by atoms with Gasteiger partial charge < -0.3 is 9.47 Å². The molecule has 2 aromatic carbocycles. The van der Waals surface area contributed by atoms with Crippen molar-refractivity contribution in [1.82, 2.24) is 5.01 Å². The summed E-state index contributed by atoms with van der Waals surface area (Å²) in [5.74, 6) is 1.46. The predicted molar refractivity (Wildman–Crippen MR) is 138 cm³/mol. The lowest BCUT2D eigenvalue weighted by Crippen LogP contribution is -2.35. The zero-order chi connectivity index (χ0) is 24.1. The molecule has 0 unspecified atom stereocenters. The van der Waals surface area contributed by atoms with Crippen LogP contribution in [-0.4, -0.2) is 40.2 Å². The molecule has 0 bridgehead atoms. The van der Waals surface area contributed by atoms with Crippen LogP contribution in [0.3, 0.4) is 0 Å². The van der Waals surface area contributed by atoms with E-state index in [9.17, 15) is 4.79 Å². The first-order valence-corrected chi connectivity index (χ1v) is 12.2. The fourth-order valence-corrected chi connectivity index (χ4v) is 4.75. The maximum absolute atomic E-state index is 12.6. The van der Waals surface area contributed by atoms with Crippen molar-refractivity contribution in [1.29, 1.82) is 5.41 Å². The number of amides is 1. The summed E-state index contributed by atoms with van der Waals surface area (Å²) in [7, 11) is 0. The summed E-state index contributed by atoms with van der Waals surface area (Å²) in [4.78, 5) is 16.8. The number of ether oxygens (including phenoxy) is 2. The van der Waals surface area contributed by atoms with Gasteiger partial charge in [0.15, 0.2) is 5.84 Å². The van der Waals surface area contributed by atoms with E-state index in [2.05, 4.69) is 23.9 Å². The van der Waals surface area contributed by atoms with Gasteiger partial charge in [-0.1, -0.05) is 43.7 Å². The van der Waals surface area contributed by atoms with E-state index in [0.29, 0.717) is 30.0 Å². The fraction of sp³-hybridized carbons (Fsp3) is 0.308. The van der Waals surface area contributed by atoms with E-state index < -0.39 is 5.91 Å². The van der Waals surface area contributed by atoms with Gasteiger partial charge in [-0.3, -0.25) is 10.2 Å². The van der Waals surface area contributed by atoms with Crippen LogP contribution in [0.25, 0.3) is 6.08 Å². The number of hydrogen-bond acceptors (Lipinski definition) is 6. The van der Waals surface area contributed by atoms with Crippen LogP contribution in [0.1, 0.15) is 37.8 Å². The smallest absolute Gasteiger partial charge is 0.283 e. The minimum Gasteiger partial charge on any atom is -0.490 e. The molecule has 0 atom stereocenters. The number of rotatable bonds is 9. The van der Waals surface area contributed by atoms with E-state index in [0.717, 1.165) is 29.2 Å². The number of aryl methyl sites for hydroxylation is 1. The van der Waals surface area contributed by atoms with Crippen molar-refractivity contribution in [3.63, 3.8) is 0 Å². The van der Waals surface area contributed by atoms with E-state index in [-0.39, 0.29) is 11.4 Å². The van der Waals surface area contributed by atoms with Crippen LogP contribution >= 0.6 is 11.8 Å². The lowest BCUT2D eigenvalue weighted by atomic mass is 10.1. The van der Waals surface area contributed by atoms with E-state index >= 15 is 0 Å². The normalized spacial score (nSPS) is 16.6. The van der Waals surface area contributed by atoms with Crippen LogP contribution in [0.2, 0.25) is 0 Å². The second-order valence-corrected chi connectivity index (χ2v) is 9.04. The molecule has 0 radical (unpaired) electrons. The van der Waals surface area contributed by atoms with Crippen molar-refractivity contribution in [2.75, 3.05) is 13.2 Å². The summed E-state index contributed by atoms with van der Waals surface area (Å²) in [6, 6.07) is 15.3. The molecule has 0 fully saturated rings. The maximum Gasteiger partial charge on any atom is 0.283 e. The third-order valence-electron chi connectivity index (χ3n) is 5.64. The first-order chi connectivity index (χ1) is 16.5. The summed E-state index contributed by atoms with van der Waals surface area (Å²) in [5, 5.41) is 16.0. The predicted octanol–water partition coefficient (Wildman–Crippen LogP) is 5.51. The van der Waals surface area contributed by atoms with Gasteiger partial charge in [0.2, 0.25) is 5.17 Å². The number of hydrazone groups is 1. The molecule has 176 valence electrons. The second-order valence-electron chi connectivity index (χ2n) is 8.05. The molecule has 0 saturated heterocycles. The number of nitrogens with zero attached hydrogens (tertiary/aromatic N) is 3. The number of hydrogen-bond donors (Lipinski definition) is 1. The highest BCUT2D eigenvalue weighted by molar-refractivity contribution is 8.27. The summed E-state index contributed by atoms with van der Waals surface area (Å²) < 4.78 is 11.4. The number of carbonyl (C=O) groups excluding carboxylic acids is 1. The molecule has 7 nitrogen and oxygen atoms in total. The minimum atomic E-state index is -0.418. The van der Waals surface area contributed by atoms with Crippen LogP contribution < -0.4 is 9.47 Å². The summed E-state index contributed by atoms with van der Waals surface area (Å²) >= 11 is 1.39. The number of amidine groups is 2. The van der Waals surface area contributed by atoms with Crippen molar-refractivity contribution in [3.8, 4) is 11.5 Å². The van der Waals surface area contributed by atoms with Gasteiger partial charge >= 0.3 is 0 Å². The topological polar surface area (TPSA) is 87.3 Å². The molecule has 2 aliphatic heterocycles. The van der Waals surface area contributed by atoms with Crippen LogP contribution in [0.15, 0.2) is 64.2 Å². The number of thioether (sulfide) groups is 1. The van der Waals surface area contributed by atoms with Gasteiger partial charge in [0, 0.05) is 5.92 Å². The Bertz CT molecular complexity index is 1150. The van der Waals surface area contributed by atoms with Crippen LogP contribution in [-0.2, 0) is 4.79 Å². The monoisotopic (exact) mass is 476 g/mol. The third-order valence-corrected chi connectivity index (χ3v) is 6.71. The number of carbonyl (C=O) groups is 1. The average molecular weight is 477 g/mol. The quantitative estimate of drug-likeness (QED) is 0.381. The number of benzene rings is 2. The van der Waals surface area contributed by atoms with Gasteiger partial charge in [0.25, 0.3) is 5.91 Å². The first-order valence-electron chi connectivity index (χ1n) is 11.4. The Morgan fingerprint density at radius 3 is 2.18 bits per heavy atom. The Morgan fingerprint density at radius 1 is 1.00 bits per heavy atom. The Labute approximate surface area is 204 Å². The van der Waals surface area contributed by atoms with Gasteiger partial charge in [-0.05, 0) is 67.4 Å². The molecule has 0 spiro atoms. The molecule has 1 amide bonds. The van der Waals surface area contributed by atoms with Crippen molar-refractivity contribution in [2.24, 2.45) is 16.0 Å². The highest BCUT2D eigenvalue weighted by Crippen LogP contribution is 2.33. The molecule has 4 rings (SSSR count). The van der Waals surface area contributed by atoms with E-state index in [4.69, 9.17) is 14.9 Å². The van der Waals surface area contributed by atoms with E-state index in [1.807, 2.05) is 55.5 Å². The lowest BCUT2D eigenvalue weighted by Gasteiger charge is -2.20. The van der Waals surface area contributed by atoms with Crippen molar-refractivity contribution in [3.05, 3.63) is 65.2 Å². The molecule has 1 N–H and O–H groups in total. The van der Waals surface area contributed by atoms with Crippen molar-refractivity contribution in [2.45, 2.75) is 33.6 Å². The Morgan fingerprint density at radius 2 is 1.59 bits per heavy atom. The molecule has 0 saturated carbocycles.